The predicted molar refractivity (Wildman–Crippen MR) is 106 cm³/mol. The summed E-state index contributed by atoms with van der Waals surface area (Å²) in [6, 6.07) is 8.80. The molecule has 0 radical (unpaired) electrons. The van der Waals surface area contributed by atoms with Crippen LogP contribution in [0.5, 0.6) is 11.5 Å². The molecule has 0 aromatic heterocycles. The molecule has 0 heterocycles. The largest absolute Gasteiger partial charge is 0.457 e. The van der Waals surface area contributed by atoms with Crippen molar-refractivity contribution in [3.8, 4) is 11.5 Å². The maximum absolute atomic E-state index is 12.9. The molecule has 0 aliphatic rings. The van der Waals surface area contributed by atoms with Gasteiger partial charge in [-0.05, 0) is 54.8 Å². The van der Waals surface area contributed by atoms with Gasteiger partial charge < -0.3 is 4.74 Å². The lowest BCUT2D eigenvalue weighted by Crippen LogP contribution is -2.14. The summed E-state index contributed by atoms with van der Waals surface area (Å²) in [6.45, 7) is 2.13. The van der Waals surface area contributed by atoms with Crippen LogP contribution < -0.4 is 9.88 Å². The van der Waals surface area contributed by atoms with Gasteiger partial charge in [-0.2, -0.15) is 13.2 Å². The van der Waals surface area contributed by atoms with E-state index in [0.717, 1.165) is 44.2 Å². The van der Waals surface area contributed by atoms with Crippen LogP contribution in [0.2, 0.25) is 0 Å². The first-order valence-corrected chi connectivity index (χ1v) is 11.2. The maximum atomic E-state index is 12.9. The van der Waals surface area contributed by atoms with Crippen molar-refractivity contribution in [2.24, 2.45) is 5.14 Å². The molecule has 2 aromatic carbocycles. The normalized spacial score (nSPS) is 12.2. The standard InChI is InChI=1S/C21H26F3NO3S/c1-2-3-4-5-6-7-9-16-14-19(12-13-20(16)29(25,26)27)28-18-11-8-10-17(15-18)21(22,23)24/h8,10-15H,2-7,9H2,1H3,(H2,25,26,27). The molecule has 0 bridgehead atoms. The van der Waals surface area contributed by atoms with Gasteiger partial charge in [-0.3, -0.25) is 0 Å². The predicted octanol–water partition coefficient (Wildman–Crippen LogP) is 6.05. The van der Waals surface area contributed by atoms with Crippen LogP contribution in [-0.4, -0.2) is 8.42 Å². The first kappa shape index (κ1) is 23.2. The van der Waals surface area contributed by atoms with E-state index in [-0.39, 0.29) is 16.4 Å². The average molecular weight is 430 g/mol. The molecule has 0 unspecified atom stereocenters. The van der Waals surface area contributed by atoms with E-state index in [2.05, 4.69) is 6.92 Å². The van der Waals surface area contributed by atoms with E-state index in [4.69, 9.17) is 9.88 Å². The Morgan fingerprint density at radius 3 is 2.24 bits per heavy atom. The Hall–Kier alpha value is -2.06. The molecule has 0 fully saturated rings. The maximum Gasteiger partial charge on any atom is 0.416 e. The minimum absolute atomic E-state index is 0.0162. The van der Waals surface area contributed by atoms with Crippen LogP contribution in [0.15, 0.2) is 47.4 Å². The summed E-state index contributed by atoms with van der Waals surface area (Å²) in [7, 11) is -3.90. The molecule has 0 atom stereocenters. The number of rotatable bonds is 10. The molecule has 0 spiro atoms. The number of aryl methyl sites for hydroxylation is 1. The molecule has 0 saturated carbocycles. The summed E-state index contributed by atoms with van der Waals surface area (Å²) in [5, 5.41) is 5.30. The number of sulfonamides is 1. The van der Waals surface area contributed by atoms with Gasteiger partial charge in [0.05, 0.1) is 10.5 Å². The van der Waals surface area contributed by atoms with Gasteiger partial charge >= 0.3 is 6.18 Å². The topological polar surface area (TPSA) is 69.4 Å². The number of halogens is 3. The van der Waals surface area contributed by atoms with E-state index in [1.54, 1.807) is 0 Å². The lowest BCUT2D eigenvalue weighted by atomic mass is 10.0. The van der Waals surface area contributed by atoms with Gasteiger partial charge in [0.15, 0.2) is 0 Å². The van der Waals surface area contributed by atoms with Gasteiger partial charge in [0, 0.05) is 0 Å². The van der Waals surface area contributed by atoms with E-state index in [1.807, 2.05) is 0 Å². The Kier molecular flexibility index (Phi) is 8.10. The van der Waals surface area contributed by atoms with E-state index >= 15 is 0 Å². The number of ether oxygens (including phenoxy) is 1. The Morgan fingerprint density at radius 2 is 1.59 bits per heavy atom. The molecule has 160 valence electrons. The molecular weight excluding hydrogens is 403 g/mol. The van der Waals surface area contributed by atoms with Crippen molar-refractivity contribution in [2.45, 2.75) is 62.9 Å². The molecule has 0 saturated heterocycles. The zero-order valence-electron chi connectivity index (χ0n) is 16.3. The number of hydrogen-bond donors (Lipinski definition) is 1. The fraction of sp³-hybridized carbons (Fsp3) is 0.429. The molecule has 2 aromatic rings. The van der Waals surface area contributed by atoms with E-state index in [1.165, 1.54) is 36.8 Å². The van der Waals surface area contributed by atoms with Gasteiger partial charge in [0.2, 0.25) is 10.0 Å². The molecule has 2 rings (SSSR count). The van der Waals surface area contributed by atoms with Gasteiger partial charge in [0.1, 0.15) is 11.5 Å². The van der Waals surface area contributed by atoms with Gasteiger partial charge in [-0.25, -0.2) is 13.6 Å². The minimum atomic E-state index is -4.47. The zero-order chi connectivity index (χ0) is 21.5. The molecular formula is C21H26F3NO3S. The van der Waals surface area contributed by atoms with E-state index in [0.29, 0.717) is 12.0 Å². The van der Waals surface area contributed by atoms with Crippen LogP contribution in [0.25, 0.3) is 0 Å². The second-order valence-electron chi connectivity index (χ2n) is 6.96. The quantitative estimate of drug-likeness (QED) is 0.468. The number of alkyl halides is 3. The third-order valence-electron chi connectivity index (χ3n) is 4.54. The van der Waals surface area contributed by atoms with E-state index in [9.17, 15) is 21.6 Å². The van der Waals surface area contributed by atoms with Gasteiger partial charge in [0.25, 0.3) is 0 Å². The zero-order valence-corrected chi connectivity index (χ0v) is 17.2. The highest BCUT2D eigenvalue weighted by molar-refractivity contribution is 7.89. The van der Waals surface area contributed by atoms with Crippen molar-refractivity contribution in [1.82, 2.24) is 0 Å². The van der Waals surface area contributed by atoms with E-state index < -0.39 is 21.8 Å². The molecule has 0 amide bonds. The van der Waals surface area contributed by atoms with Crippen LogP contribution in [0.4, 0.5) is 13.2 Å². The molecule has 8 heteroatoms. The third kappa shape index (κ3) is 7.36. The SMILES string of the molecule is CCCCCCCCc1cc(Oc2cccc(C(F)(F)F)c2)ccc1S(N)(=O)=O. The highest BCUT2D eigenvalue weighted by Gasteiger charge is 2.30. The fourth-order valence-corrected chi connectivity index (χ4v) is 3.84. The highest BCUT2D eigenvalue weighted by Crippen LogP contribution is 2.33. The summed E-state index contributed by atoms with van der Waals surface area (Å²) >= 11 is 0. The smallest absolute Gasteiger partial charge is 0.416 e. The molecule has 0 aliphatic heterocycles. The third-order valence-corrected chi connectivity index (χ3v) is 5.55. The number of hydrogen-bond acceptors (Lipinski definition) is 3. The number of benzene rings is 2. The number of nitrogens with two attached hydrogens (primary N) is 1. The lowest BCUT2D eigenvalue weighted by molar-refractivity contribution is -0.137. The van der Waals surface area contributed by atoms with Crippen molar-refractivity contribution in [3.63, 3.8) is 0 Å². The van der Waals surface area contributed by atoms with Crippen LogP contribution in [-0.2, 0) is 22.6 Å². The minimum Gasteiger partial charge on any atom is -0.457 e. The van der Waals surface area contributed by atoms with Crippen molar-refractivity contribution < 1.29 is 26.3 Å². The second-order valence-corrected chi connectivity index (χ2v) is 8.49. The molecule has 4 nitrogen and oxygen atoms in total. The first-order valence-electron chi connectivity index (χ1n) is 9.62. The van der Waals surface area contributed by atoms with Crippen molar-refractivity contribution in [1.29, 1.82) is 0 Å². The molecule has 29 heavy (non-hydrogen) atoms. The van der Waals surface area contributed by atoms with Crippen LogP contribution in [0, 0.1) is 0 Å². The summed E-state index contributed by atoms with van der Waals surface area (Å²) < 4.78 is 67.9. The highest BCUT2D eigenvalue weighted by atomic mass is 32.2. The Labute approximate surface area is 169 Å². The van der Waals surface area contributed by atoms with Gasteiger partial charge in [-0.1, -0.05) is 45.1 Å². The van der Waals surface area contributed by atoms with Crippen molar-refractivity contribution in [2.75, 3.05) is 0 Å². The second kappa shape index (κ2) is 10.1. The summed E-state index contributed by atoms with van der Waals surface area (Å²) in [5.41, 5.74) is -0.309. The van der Waals surface area contributed by atoms with Crippen LogP contribution in [0.1, 0.15) is 56.6 Å². The van der Waals surface area contributed by atoms with Gasteiger partial charge in [-0.15, -0.1) is 0 Å². The number of unbranched alkanes of at least 4 members (excludes halogenated alkanes) is 5. The molecule has 2 N–H and O–H groups in total. The van der Waals surface area contributed by atoms with Crippen molar-refractivity contribution in [3.05, 3.63) is 53.6 Å². The van der Waals surface area contributed by atoms with Crippen LogP contribution in [0.3, 0.4) is 0 Å². The molecule has 0 aliphatic carbocycles. The fourth-order valence-electron chi connectivity index (χ4n) is 3.06. The Bertz CT molecular complexity index is 912. The van der Waals surface area contributed by atoms with Crippen molar-refractivity contribution >= 4 is 10.0 Å². The monoisotopic (exact) mass is 429 g/mol. The van der Waals surface area contributed by atoms with Crippen LogP contribution >= 0.6 is 0 Å². The number of primary sulfonamides is 1. The summed E-state index contributed by atoms with van der Waals surface area (Å²) in [5.74, 6) is 0.284. The first-order chi connectivity index (χ1) is 13.6. The summed E-state index contributed by atoms with van der Waals surface area (Å²) in [6.07, 6.45) is 2.29. The Morgan fingerprint density at radius 1 is 0.931 bits per heavy atom. The Balaban J connectivity index is 2.17. The summed E-state index contributed by atoms with van der Waals surface area (Å²) in [4.78, 5) is 0.0162. The average Bonchev–Trinajstić information content (AvgIpc) is 2.63. The lowest BCUT2D eigenvalue weighted by Gasteiger charge is -2.13.